The van der Waals surface area contributed by atoms with Crippen molar-refractivity contribution in [2.75, 3.05) is 5.32 Å². The van der Waals surface area contributed by atoms with Crippen molar-refractivity contribution in [2.24, 2.45) is 0 Å². The Hall–Kier alpha value is -1.96. The Bertz CT molecular complexity index is 675. The number of carbonyl (C=O) groups excluding carboxylic acids is 1. The standard InChI is InChI=1S/C14H16F2N4OS/c1-8(2)20-7-17-19-14(20)22-9(3)13(21)18-12-6-10(15)4-5-11(12)16/h4-9H,1-3H3,(H,18,21)/t9-/m0/s1. The first kappa shape index (κ1) is 16.4. The van der Waals surface area contributed by atoms with Gasteiger partial charge in [-0.25, -0.2) is 8.78 Å². The van der Waals surface area contributed by atoms with Gasteiger partial charge in [-0.05, 0) is 32.9 Å². The minimum Gasteiger partial charge on any atom is -0.323 e. The van der Waals surface area contributed by atoms with E-state index in [1.807, 2.05) is 18.4 Å². The Labute approximate surface area is 131 Å². The molecule has 8 heteroatoms. The van der Waals surface area contributed by atoms with Crippen LogP contribution < -0.4 is 5.32 Å². The SMILES string of the molecule is CC(C)n1cnnc1S[C@@H](C)C(=O)Nc1cc(F)ccc1F. The average molecular weight is 326 g/mol. The zero-order chi connectivity index (χ0) is 16.3. The van der Waals surface area contributed by atoms with Crippen LogP contribution in [0.1, 0.15) is 26.8 Å². The van der Waals surface area contributed by atoms with E-state index < -0.39 is 22.8 Å². The molecule has 0 saturated heterocycles. The maximum Gasteiger partial charge on any atom is 0.237 e. The molecule has 2 aromatic rings. The maximum atomic E-state index is 13.5. The number of hydrogen-bond donors (Lipinski definition) is 1. The normalized spacial score (nSPS) is 12.5. The maximum absolute atomic E-state index is 13.5. The van der Waals surface area contributed by atoms with Crippen molar-refractivity contribution < 1.29 is 13.6 Å². The van der Waals surface area contributed by atoms with Gasteiger partial charge in [0.05, 0.1) is 10.9 Å². The van der Waals surface area contributed by atoms with E-state index in [-0.39, 0.29) is 11.7 Å². The highest BCUT2D eigenvalue weighted by molar-refractivity contribution is 8.00. The molecule has 1 heterocycles. The van der Waals surface area contributed by atoms with Crippen LogP contribution in [0.2, 0.25) is 0 Å². The average Bonchev–Trinajstić information content (AvgIpc) is 2.91. The third-order valence-corrected chi connectivity index (χ3v) is 4.01. The fraction of sp³-hybridized carbons (Fsp3) is 0.357. The highest BCUT2D eigenvalue weighted by Gasteiger charge is 2.20. The Kier molecular flexibility index (Phi) is 5.12. The molecule has 1 aromatic heterocycles. The molecule has 0 aliphatic heterocycles. The van der Waals surface area contributed by atoms with Crippen molar-refractivity contribution in [1.29, 1.82) is 0 Å². The number of aromatic nitrogens is 3. The fourth-order valence-corrected chi connectivity index (χ4v) is 2.67. The van der Waals surface area contributed by atoms with E-state index in [0.717, 1.165) is 18.2 Å². The van der Waals surface area contributed by atoms with Gasteiger partial charge in [0, 0.05) is 12.1 Å². The summed E-state index contributed by atoms with van der Waals surface area (Å²) in [6.07, 6.45) is 1.59. The second kappa shape index (κ2) is 6.87. The van der Waals surface area contributed by atoms with Crippen LogP contribution in [-0.2, 0) is 4.79 Å². The van der Waals surface area contributed by atoms with E-state index in [1.54, 1.807) is 13.3 Å². The summed E-state index contributed by atoms with van der Waals surface area (Å²) in [5, 5.41) is 10.2. The molecule has 0 bridgehead atoms. The number of nitrogens with zero attached hydrogens (tertiary/aromatic N) is 3. The summed E-state index contributed by atoms with van der Waals surface area (Å²) in [6.45, 7) is 5.61. The zero-order valence-corrected chi connectivity index (χ0v) is 13.2. The summed E-state index contributed by atoms with van der Waals surface area (Å²) in [7, 11) is 0. The summed E-state index contributed by atoms with van der Waals surface area (Å²) in [6, 6.07) is 3.07. The number of carbonyl (C=O) groups is 1. The van der Waals surface area contributed by atoms with Crippen molar-refractivity contribution in [3.63, 3.8) is 0 Å². The molecule has 0 radical (unpaired) electrons. The van der Waals surface area contributed by atoms with E-state index in [2.05, 4.69) is 15.5 Å². The lowest BCUT2D eigenvalue weighted by Gasteiger charge is -2.14. The summed E-state index contributed by atoms with van der Waals surface area (Å²) in [4.78, 5) is 12.1. The van der Waals surface area contributed by atoms with Crippen LogP contribution in [-0.4, -0.2) is 25.9 Å². The van der Waals surface area contributed by atoms with Crippen LogP contribution in [0, 0.1) is 11.6 Å². The van der Waals surface area contributed by atoms with Crippen molar-refractivity contribution in [3.05, 3.63) is 36.2 Å². The van der Waals surface area contributed by atoms with Crippen LogP contribution >= 0.6 is 11.8 Å². The third kappa shape index (κ3) is 3.82. The van der Waals surface area contributed by atoms with E-state index in [4.69, 9.17) is 0 Å². The summed E-state index contributed by atoms with van der Waals surface area (Å²) in [5.74, 6) is -1.73. The Morgan fingerprint density at radius 3 is 2.73 bits per heavy atom. The first-order valence-corrected chi connectivity index (χ1v) is 7.58. The zero-order valence-electron chi connectivity index (χ0n) is 12.4. The number of thioether (sulfide) groups is 1. The van der Waals surface area contributed by atoms with E-state index in [1.165, 1.54) is 11.8 Å². The topological polar surface area (TPSA) is 59.8 Å². The lowest BCUT2D eigenvalue weighted by Crippen LogP contribution is -2.23. The predicted octanol–water partition coefficient (Wildman–Crippen LogP) is 3.26. The molecule has 5 nitrogen and oxygen atoms in total. The first-order valence-electron chi connectivity index (χ1n) is 6.70. The second-order valence-corrected chi connectivity index (χ2v) is 6.30. The number of halogens is 2. The van der Waals surface area contributed by atoms with Crippen molar-refractivity contribution in [3.8, 4) is 0 Å². The van der Waals surface area contributed by atoms with Gasteiger partial charge in [-0.2, -0.15) is 0 Å². The van der Waals surface area contributed by atoms with Crippen LogP contribution in [0.5, 0.6) is 0 Å². The fourth-order valence-electron chi connectivity index (χ4n) is 1.71. The number of hydrogen-bond acceptors (Lipinski definition) is 4. The van der Waals surface area contributed by atoms with Crippen molar-refractivity contribution in [2.45, 2.75) is 37.2 Å². The van der Waals surface area contributed by atoms with Gasteiger partial charge in [0.25, 0.3) is 0 Å². The lowest BCUT2D eigenvalue weighted by molar-refractivity contribution is -0.115. The van der Waals surface area contributed by atoms with Crippen LogP contribution in [0.4, 0.5) is 14.5 Å². The highest BCUT2D eigenvalue weighted by atomic mass is 32.2. The van der Waals surface area contributed by atoms with Crippen LogP contribution in [0.15, 0.2) is 29.7 Å². The van der Waals surface area contributed by atoms with Gasteiger partial charge in [-0.15, -0.1) is 10.2 Å². The van der Waals surface area contributed by atoms with Gasteiger partial charge >= 0.3 is 0 Å². The smallest absolute Gasteiger partial charge is 0.237 e. The van der Waals surface area contributed by atoms with E-state index in [9.17, 15) is 13.6 Å². The molecular formula is C14H16F2N4OS. The quantitative estimate of drug-likeness (QED) is 0.857. The number of amides is 1. The molecule has 0 aliphatic rings. The molecule has 0 aliphatic carbocycles. The van der Waals surface area contributed by atoms with Gasteiger partial charge in [0.2, 0.25) is 5.91 Å². The lowest BCUT2D eigenvalue weighted by atomic mass is 10.3. The van der Waals surface area contributed by atoms with Gasteiger partial charge in [0.15, 0.2) is 5.16 Å². The minimum absolute atomic E-state index is 0.161. The van der Waals surface area contributed by atoms with Gasteiger partial charge in [0.1, 0.15) is 18.0 Å². The van der Waals surface area contributed by atoms with Gasteiger partial charge < -0.3 is 9.88 Å². The molecule has 22 heavy (non-hydrogen) atoms. The number of rotatable bonds is 5. The monoisotopic (exact) mass is 326 g/mol. The van der Waals surface area contributed by atoms with Crippen LogP contribution in [0.3, 0.4) is 0 Å². The number of nitrogens with one attached hydrogen (secondary N) is 1. The second-order valence-electron chi connectivity index (χ2n) is 4.99. The molecule has 1 amide bonds. The first-order chi connectivity index (χ1) is 10.4. The molecule has 1 aromatic carbocycles. The van der Waals surface area contributed by atoms with Gasteiger partial charge in [-0.3, -0.25) is 4.79 Å². The van der Waals surface area contributed by atoms with Crippen LogP contribution in [0.25, 0.3) is 0 Å². The Morgan fingerprint density at radius 1 is 1.32 bits per heavy atom. The molecule has 1 N–H and O–H groups in total. The molecule has 0 unspecified atom stereocenters. The van der Waals surface area contributed by atoms with E-state index in [0.29, 0.717) is 5.16 Å². The molecule has 0 spiro atoms. The third-order valence-electron chi connectivity index (χ3n) is 2.93. The van der Waals surface area contributed by atoms with Crippen molar-refractivity contribution in [1.82, 2.24) is 14.8 Å². The largest absolute Gasteiger partial charge is 0.323 e. The molecule has 0 saturated carbocycles. The summed E-state index contributed by atoms with van der Waals surface area (Å²) >= 11 is 1.20. The minimum atomic E-state index is -0.683. The Morgan fingerprint density at radius 2 is 2.05 bits per heavy atom. The molecular weight excluding hydrogens is 310 g/mol. The molecule has 0 fully saturated rings. The number of benzene rings is 1. The Balaban J connectivity index is 2.06. The van der Waals surface area contributed by atoms with E-state index >= 15 is 0 Å². The molecule has 2 rings (SSSR count). The summed E-state index contributed by atoms with van der Waals surface area (Å²) < 4.78 is 28.5. The molecule has 1 atom stereocenters. The number of anilines is 1. The van der Waals surface area contributed by atoms with Crippen molar-refractivity contribution >= 4 is 23.4 Å². The molecule has 118 valence electrons. The van der Waals surface area contributed by atoms with Gasteiger partial charge in [-0.1, -0.05) is 11.8 Å². The highest BCUT2D eigenvalue weighted by Crippen LogP contribution is 2.25. The predicted molar refractivity (Wildman–Crippen MR) is 80.7 cm³/mol. The summed E-state index contributed by atoms with van der Waals surface area (Å²) in [5.41, 5.74) is -0.178.